The molecule has 1 aromatic carbocycles. The van der Waals surface area contributed by atoms with Crippen LogP contribution in [-0.4, -0.2) is 64.9 Å². The second-order valence-corrected chi connectivity index (χ2v) is 10.9. The molecular weight excluding hydrogens is 534 g/mol. The number of hydrogen-bond acceptors (Lipinski definition) is 7. The van der Waals surface area contributed by atoms with Gasteiger partial charge in [0, 0.05) is 30.6 Å². The van der Waals surface area contributed by atoms with Crippen LogP contribution in [-0.2, 0) is 11.3 Å². The van der Waals surface area contributed by atoms with E-state index < -0.39 is 17.0 Å². The number of hydrogen-bond donors (Lipinski definition) is 1. The number of pyridine rings is 1. The predicted molar refractivity (Wildman–Crippen MR) is 144 cm³/mol. The Morgan fingerprint density at radius 2 is 1.68 bits per heavy atom. The second-order valence-electron chi connectivity index (χ2n) is 10.9. The third kappa shape index (κ3) is 5.69. The predicted octanol–water partition coefficient (Wildman–Crippen LogP) is 3.22. The molecule has 1 saturated carbocycles. The van der Waals surface area contributed by atoms with Crippen LogP contribution in [0.4, 0.5) is 8.78 Å². The van der Waals surface area contributed by atoms with E-state index in [0.29, 0.717) is 68.8 Å². The van der Waals surface area contributed by atoms with Crippen LogP contribution in [0.15, 0.2) is 59.9 Å². The average molecular weight is 565 g/mol. The minimum Gasteiger partial charge on any atom is -0.474 e. The van der Waals surface area contributed by atoms with E-state index in [1.54, 1.807) is 17.0 Å². The molecule has 1 saturated heterocycles. The lowest BCUT2D eigenvalue weighted by molar-refractivity contribution is -0.141. The molecule has 4 aromatic rings. The highest BCUT2D eigenvalue weighted by Gasteiger charge is 2.37. The molecule has 6 rings (SSSR count). The minimum atomic E-state index is -1.17. The van der Waals surface area contributed by atoms with Crippen molar-refractivity contribution in [3.63, 3.8) is 0 Å². The van der Waals surface area contributed by atoms with E-state index in [4.69, 9.17) is 4.74 Å². The van der Waals surface area contributed by atoms with Gasteiger partial charge in [-0.05, 0) is 68.9 Å². The number of likely N-dealkylation sites (tertiary alicyclic amines) is 1. The maximum absolute atomic E-state index is 13.3. The summed E-state index contributed by atoms with van der Waals surface area (Å²) in [5.74, 6) is -0.424. The normalized spacial score (nSPS) is 20.7. The van der Waals surface area contributed by atoms with Crippen molar-refractivity contribution in [1.29, 1.82) is 0 Å². The zero-order valence-electron chi connectivity index (χ0n) is 22.3. The summed E-state index contributed by atoms with van der Waals surface area (Å²) in [5.41, 5.74) is -0.221. The largest absolute Gasteiger partial charge is 0.474 e. The number of nitrogens with zero attached hydrogens (tertiary/aromatic N) is 6. The van der Waals surface area contributed by atoms with Gasteiger partial charge in [-0.3, -0.25) is 14.2 Å². The highest BCUT2D eigenvalue weighted by molar-refractivity contribution is 5.79. The van der Waals surface area contributed by atoms with E-state index in [9.17, 15) is 23.5 Å². The van der Waals surface area contributed by atoms with Gasteiger partial charge < -0.3 is 14.7 Å². The Kier molecular flexibility index (Phi) is 7.24. The second kappa shape index (κ2) is 11.0. The van der Waals surface area contributed by atoms with Crippen LogP contribution in [0.3, 0.4) is 0 Å². The average Bonchev–Trinajstić information content (AvgIpc) is 3.42. The first-order valence-corrected chi connectivity index (χ1v) is 13.8. The number of benzene rings is 1. The van der Waals surface area contributed by atoms with E-state index in [0.717, 1.165) is 6.20 Å². The fraction of sp³-hybridized carbons (Fsp3) is 0.414. The van der Waals surface area contributed by atoms with Gasteiger partial charge in [0.2, 0.25) is 17.4 Å². The number of fused-ring (bicyclic) bond motifs is 1. The highest BCUT2D eigenvalue weighted by atomic mass is 19.1. The molecule has 10 nitrogen and oxygen atoms in total. The van der Waals surface area contributed by atoms with Crippen LogP contribution in [0, 0.1) is 17.6 Å². The van der Waals surface area contributed by atoms with E-state index in [1.807, 2.05) is 0 Å². The SMILES string of the molecule is O=C(C1CCC(Oc2ccc(F)cn2)CC1)N1CCC(O)(Cn2cnn3c(-c4ccc(F)cc4)cnc3c2=O)CC1. The molecule has 1 N–H and O–H groups in total. The van der Waals surface area contributed by atoms with E-state index in [-0.39, 0.29) is 35.9 Å². The Balaban J connectivity index is 1.04. The summed E-state index contributed by atoms with van der Waals surface area (Å²) >= 11 is 0. The fourth-order valence-electron chi connectivity index (χ4n) is 5.74. The minimum absolute atomic E-state index is 0.0377. The monoisotopic (exact) mass is 564 g/mol. The van der Waals surface area contributed by atoms with E-state index >= 15 is 0 Å². The molecule has 0 radical (unpaired) electrons. The van der Waals surface area contributed by atoms with Crippen LogP contribution in [0.1, 0.15) is 38.5 Å². The number of aromatic nitrogens is 5. The zero-order chi connectivity index (χ0) is 28.6. The molecule has 0 unspecified atom stereocenters. The summed E-state index contributed by atoms with van der Waals surface area (Å²) in [5, 5.41) is 15.7. The van der Waals surface area contributed by atoms with Gasteiger partial charge in [0.15, 0.2) is 0 Å². The van der Waals surface area contributed by atoms with Gasteiger partial charge in [-0.25, -0.2) is 23.3 Å². The summed E-state index contributed by atoms with van der Waals surface area (Å²) in [6, 6.07) is 8.66. The molecule has 4 heterocycles. The molecule has 3 aromatic heterocycles. The molecule has 2 fully saturated rings. The van der Waals surface area contributed by atoms with Crippen LogP contribution in [0.5, 0.6) is 5.88 Å². The third-order valence-corrected chi connectivity index (χ3v) is 8.12. The van der Waals surface area contributed by atoms with Crippen molar-refractivity contribution in [3.8, 4) is 17.1 Å². The Hall–Kier alpha value is -4.19. The molecule has 2 aliphatic rings. The summed E-state index contributed by atoms with van der Waals surface area (Å²) in [7, 11) is 0. The van der Waals surface area contributed by atoms with Gasteiger partial charge in [-0.15, -0.1) is 0 Å². The molecule has 1 amide bonds. The molecule has 0 atom stereocenters. The first kappa shape index (κ1) is 27.0. The molecule has 41 heavy (non-hydrogen) atoms. The van der Waals surface area contributed by atoms with Crippen molar-refractivity contribution in [2.75, 3.05) is 13.1 Å². The molecule has 0 spiro atoms. The molecule has 12 heteroatoms. The van der Waals surface area contributed by atoms with Crippen LogP contribution >= 0.6 is 0 Å². The molecule has 214 valence electrons. The van der Waals surface area contributed by atoms with Gasteiger partial charge in [-0.1, -0.05) is 0 Å². The lowest BCUT2D eigenvalue weighted by Crippen LogP contribution is -2.51. The first-order valence-electron chi connectivity index (χ1n) is 13.8. The summed E-state index contributed by atoms with van der Waals surface area (Å²) in [4.78, 5) is 36.3. The number of amides is 1. The summed E-state index contributed by atoms with van der Waals surface area (Å²) in [6.07, 6.45) is 7.42. The van der Waals surface area contributed by atoms with Gasteiger partial charge in [0.25, 0.3) is 5.56 Å². The number of carbonyl (C=O) groups is 1. The van der Waals surface area contributed by atoms with E-state index in [1.165, 1.54) is 45.9 Å². The van der Waals surface area contributed by atoms with Crippen molar-refractivity contribution in [1.82, 2.24) is 29.0 Å². The topological polar surface area (TPSA) is 115 Å². The van der Waals surface area contributed by atoms with Crippen LogP contribution in [0.25, 0.3) is 16.9 Å². The number of ether oxygens (including phenoxy) is 1. The van der Waals surface area contributed by atoms with Crippen molar-refractivity contribution >= 4 is 11.6 Å². The van der Waals surface area contributed by atoms with Gasteiger partial charge in [-0.2, -0.15) is 5.10 Å². The summed E-state index contributed by atoms with van der Waals surface area (Å²) in [6.45, 7) is 0.831. The number of halogens is 2. The molecule has 1 aliphatic carbocycles. The quantitative estimate of drug-likeness (QED) is 0.383. The van der Waals surface area contributed by atoms with Gasteiger partial charge in [0.1, 0.15) is 24.1 Å². The van der Waals surface area contributed by atoms with Gasteiger partial charge in [0.05, 0.1) is 30.2 Å². The summed E-state index contributed by atoms with van der Waals surface area (Å²) < 4.78 is 35.0. The van der Waals surface area contributed by atoms with Crippen molar-refractivity contribution in [2.24, 2.45) is 5.92 Å². The number of piperidine rings is 1. The number of aliphatic hydroxyl groups is 1. The van der Waals surface area contributed by atoms with E-state index in [2.05, 4.69) is 15.1 Å². The number of carbonyl (C=O) groups excluding carboxylic acids is 1. The Labute approximate surface area is 234 Å². The molecule has 1 aliphatic heterocycles. The Morgan fingerprint density at radius 1 is 0.976 bits per heavy atom. The highest BCUT2D eigenvalue weighted by Crippen LogP contribution is 2.31. The molecule has 0 bridgehead atoms. The number of imidazole rings is 1. The zero-order valence-corrected chi connectivity index (χ0v) is 22.3. The maximum Gasteiger partial charge on any atom is 0.296 e. The maximum atomic E-state index is 13.3. The van der Waals surface area contributed by atoms with Crippen LogP contribution in [0.2, 0.25) is 0 Å². The molecular formula is C29H30F2N6O4. The van der Waals surface area contributed by atoms with Gasteiger partial charge >= 0.3 is 0 Å². The fourth-order valence-corrected chi connectivity index (χ4v) is 5.74. The van der Waals surface area contributed by atoms with Crippen molar-refractivity contribution in [3.05, 3.63) is 77.1 Å². The van der Waals surface area contributed by atoms with Crippen molar-refractivity contribution in [2.45, 2.75) is 56.8 Å². The Bertz CT molecular complexity index is 1590. The standard InChI is InChI=1S/C29H30F2N6O4/c30-21-5-1-19(2-6-21)24-16-33-26-28(39)36(18-34-37(24)26)17-29(40)11-13-35(14-12-29)27(38)20-3-8-23(9-4-20)41-25-10-7-22(31)15-32-25/h1-2,5-7,10,15-16,18,20,23,40H,3-4,8-9,11-14,17H2. The lowest BCUT2D eigenvalue weighted by Gasteiger charge is -2.40. The first-order chi connectivity index (χ1) is 19.8. The number of rotatable bonds is 6. The van der Waals surface area contributed by atoms with Crippen molar-refractivity contribution < 1.29 is 23.4 Å². The van der Waals surface area contributed by atoms with Crippen LogP contribution < -0.4 is 10.3 Å². The Morgan fingerprint density at radius 3 is 2.37 bits per heavy atom. The third-order valence-electron chi connectivity index (χ3n) is 8.12. The lowest BCUT2D eigenvalue weighted by atomic mass is 9.85. The smallest absolute Gasteiger partial charge is 0.296 e.